The van der Waals surface area contributed by atoms with Crippen LogP contribution in [0.25, 0.3) is 0 Å². The van der Waals surface area contributed by atoms with Gasteiger partial charge in [0.15, 0.2) is 0 Å². The Morgan fingerprint density at radius 3 is 2.79 bits per heavy atom. The van der Waals surface area contributed by atoms with Gasteiger partial charge in [0.2, 0.25) is 0 Å². The molecule has 4 nitrogen and oxygen atoms in total. The summed E-state index contributed by atoms with van der Waals surface area (Å²) in [6.45, 7) is 2.50. The fourth-order valence-electron chi connectivity index (χ4n) is 2.39. The van der Waals surface area contributed by atoms with Gasteiger partial charge in [-0.15, -0.1) is 0 Å². The summed E-state index contributed by atoms with van der Waals surface area (Å²) < 4.78 is 11.3. The van der Waals surface area contributed by atoms with Crippen molar-refractivity contribution in [1.82, 2.24) is 5.48 Å². The van der Waals surface area contributed by atoms with Crippen LogP contribution in [0, 0.1) is 0 Å². The molecule has 14 heavy (non-hydrogen) atoms. The molecule has 4 heteroatoms. The van der Waals surface area contributed by atoms with E-state index in [0.717, 1.165) is 45.5 Å². The second-order valence-corrected chi connectivity index (χ2v) is 4.16. The molecule has 1 unspecified atom stereocenters. The predicted octanol–water partition coefficient (Wildman–Crippen LogP) is 0.866. The van der Waals surface area contributed by atoms with Gasteiger partial charge in [0, 0.05) is 25.9 Å². The molecule has 2 heterocycles. The van der Waals surface area contributed by atoms with E-state index in [4.69, 9.17) is 14.3 Å². The minimum atomic E-state index is 0.0622. The van der Waals surface area contributed by atoms with Crippen molar-refractivity contribution >= 4 is 0 Å². The second-order valence-electron chi connectivity index (χ2n) is 4.16. The van der Waals surface area contributed by atoms with Gasteiger partial charge in [-0.2, -0.15) is 5.48 Å². The fraction of sp³-hybridized carbons (Fsp3) is 1.00. The number of hydrogen-bond donors (Lipinski definition) is 1. The monoisotopic (exact) mass is 201 g/mol. The third kappa shape index (κ3) is 2.25. The first kappa shape index (κ1) is 10.4. The van der Waals surface area contributed by atoms with Gasteiger partial charge in [-0.25, -0.2) is 0 Å². The maximum atomic E-state index is 5.91. The Kier molecular flexibility index (Phi) is 3.38. The summed E-state index contributed by atoms with van der Waals surface area (Å²) in [6.07, 6.45) is 4.13. The summed E-state index contributed by atoms with van der Waals surface area (Å²) in [6, 6.07) is 0.437. The van der Waals surface area contributed by atoms with Crippen LogP contribution in [0.15, 0.2) is 0 Å². The molecule has 0 aromatic heterocycles. The summed E-state index contributed by atoms with van der Waals surface area (Å²) in [4.78, 5) is 4.98. The number of ether oxygens (including phenoxy) is 2. The number of hydroxylamine groups is 1. The Balaban J connectivity index is 1.91. The molecular formula is C10H19NO3. The summed E-state index contributed by atoms with van der Waals surface area (Å²) in [5, 5.41) is 0. The molecule has 0 saturated carbocycles. The first-order chi connectivity index (χ1) is 6.85. The Morgan fingerprint density at radius 2 is 2.07 bits per heavy atom. The van der Waals surface area contributed by atoms with Crippen LogP contribution in [0.2, 0.25) is 0 Å². The lowest BCUT2D eigenvalue weighted by Gasteiger charge is -2.43. The highest BCUT2D eigenvalue weighted by Crippen LogP contribution is 2.34. The summed E-state index contributed by atoms with van der Waals surface area (Å²) in [5.41, 5.74) is 3.10. The second kappa shape index (κ2) is 4.57. The van der Waals surface area contributed by atoms with E-state index >= 15 is 0 Å². The van der Waals surface area contributed by atoms with Crippen LogP contribution in [0.4, 0.5) is 0 Å². The van der Waals surface area contributed by atoms with Crippen LogP contribution in [0.5, 0.6) is 0 Å². The van der Waals surface area contributed by atoms with Gasteiger partial charge in [-0.3, -0.25) is 0 Å². The van der Waals surface area contributed by atoms with Gasteiger partial charge in [0.05, 0.1) is 12.7 Å². The van der Waals surface area contributed by atoms with Gasteiger partial charge < -0.3 is 14.3 Å². The van der Waals surface area contributed by atoms with Crippen LogP contribution in [-0.4, -0.2) is 38.6 Å². The van der Waals surface area contributed by atoms with E-state index in [1.807, 2.05) is 0 Å². The molecule has 0 radical (unpaired) electrons. The molecule has 1 spiro atoms. The summed E-state index contributed by atoms with van der Waals surface area (Å²) in [7, 11) is 1.67. The van der Waals surface area contributed by atoms with E-state index in [2.05, 4.69) is 5.48 Å². The summed E-state index contributed by atoms with van der Waals surface area (Å²) in [5.74, 6) is 0. The third-order valence-corrected chi connectivity index (χ3v) is 3.18. The van der Waals surface area contributed by atoms with Gasteiger partial charge in [0.25, 0.3) is 0 Å². The number of hydrogen-bond acceptors (Lipinski definition) is 4. The van der Waals surface area contributed by atoms with Gasteiger partial charge in [-0.1, -0.05) is 0 Å². The molecule has 1 N–H and O–H groups in total. The van der Waals surface area contributed by atoms with Gasteiger partial charge >= 0.3 is 0 Å². The van der Waals surface area contributed by atoms with Crippen LogP contribution < -0.4 is 5.48 Å². The van der Waals surface area contributed by atoms with E-state index in [1.165, 1.54) is 0 Å². The highest BCUT2D eigenvalue weighted by Gasteiger charge is 2.38. The van der Waals surface area contributed by atoms with E-state index in [9.17, 15) is 0 Å². The molecule has 82 valence electrons. The zero-order valence-electron chi connectivity index (χ0n) is 8.75. The third-order valence-electron chi connectivity index (χ3n) is 3.18. The van der Waals surface area contributed by atoms with Crippen molar-refractivity contribution in [3.05, 3.63) is 0 Å². The summed E-state index contributed by atoms with van der Waals surface area (Å²) >= 11 is 0. The topological polar surface area (TPSA) is 39.7 Å². The van der Waals surface area contributed by atoms with Crippen molar-refractivity contribution < 1.29 is 14.3 Å². The van der Waals surface area contributed by atoms with Gasteiger partial charge in [0.1, 0.15) is 0 Å². The largest absolute Gasteiger partial charge is 0.381 e. The quantitative estimate of drug-likeness (QED) is 0.673. The SMILES string of the molecule is CONC1CCOC2(CCOCC2)C1. The zero-order valence-corrected chi connectivity index (χ0v) is 8.75. The minimum Gasteiger partial charge on any atom is -0.381 e. The Morgan fingerprint density at radius 1 is 1.29 bits per heavy atom. The van der Waals surface area contributed by atoms with Crippen LogP contribution in [0.1, 0.15) is 25.7 Å². The Labute approximate surface area is 84.9 Å². The van der Waals surface area contributed by atoms with Crippen molar-refractivity contribution in [2.75, 3.05) is 26.9 Å². The molecule has 2 rings (SSSR count). The van der Waals surface area contributed by atoms with Crippen molar-refractivity contribution in [2.24, 2.45) is 0 Å². The molecule has 0 aromatic rings. The molecule has 2 aliphatic rings. The lowest BCUT2D eigenvalue weighted by Crippen LogP contribution is -2.49. The van der Waals surface area contributed by atoms with Crippen molar-refractivity contribution in [3.63, 3.8) is 0 Å². The molecule has 0 amide bonds. The average Bonchev–Trinajstić information content (AvgIpc) is 2.19. The molecule has 0 aliphatic carbocycles. The fourth-order valence-corrected chi connectivity index (χ4v) is 2.39. The molecular weight excluding hydrogens is 182 g/mol. The predicted molar refractivity (Wildman–Crippen MR) is 51.9 cm³/mol. The Bertz CT molecular complexity index is 173. The maximum Gasteiger partial charge on any atom is 0.0742 e. The van der Waals surface area contributed by atoms with Crippen molar-refractivity contribution in [2.45, 2.75) is 37.3 Å². The molecule has 0 aromatic carbocycles. The molecule has 2 aliphatic heterocycles. The van der Waals surface area contributed by atoms with Crippen LogP contribution in [0.3, 0.4) is 0 Å². The maximum absolute atomic E-state index is 5.91. The first-order valence-corrected chi connectivity index (χ1v) is 5.35. The smallest absolute Gasteiger partial charge is 0.0742 e. The number of rotatable bonds is 2. The van der Waals surface area contributed by atoms with Gasteiger partial charge in [-0.05, 0) is 25.7 Å². The molecule has 0 bridgehead atoms. The van der Waals surface area contributed by atoms with E-state index < -0.39 is 0 Å². The van der Waals surface area contributed by atoms with E-state index in [-0.39, 0.29) is 5.60 Å². The molecule has 1 atom stereocenters. The van der Waals surface area contributed by atoms with Crippen molar-refractivity contribution in [1.29, 1.82) is 0 Å². The minimum absolute atomic E-state index is 0.0622. The molecule has 2 fully saturated rings. The van der Waals surface area contributed by atoms with E-state index in [0.29, 0.717) is 6.04 Å². The van der Waals surface area contributed by atoms with Crippen molar-refractivity contribution in [3.8, 4) is 0 Å². The number of nitrogens with one attached hydrogen (secondary N) is 1. The average molecular weight is 201 g/mol. The highest BCUT2D eigenvalue weighted by atomic mass is 16.6. The lowest BCUT2D eigenvalue weighted by atomic mass is 9.84. The van der Waals surface area contributed by atoms with Crippen LogP contribution in [-0.2, 0) is 14.3 Å². The van der Waals surface area contributed by atoms with E-state index in [1.54, 1.807) is 7.11 Å². The zero-order chi connectivity index (χ0) is 9.86. The first-order valence-electron chi connectivity index (χ1n) is 5.35. The highest BCUT2D eigenvalue weighted by molar-refractivity contribution is 4.90. The normalized spacial score (nSPS) is 31.9. The molecule has 2 saturated heterocycles. The van der Waals surface area contributed by atoms with Crippen LogP contribution >= 0.6 is 0 Å². The lowest BCUT2D eigenvalue weighted by molar-refractivity contribution is -0.150. The standard InChI is InChI=1S/C10H19NO3/c1-12-11-9-2-5-14-10(8-9)3-6-13-7-4-10/h9,11H,2-8H2,1H3. The Hall–Kier alpha value is -0.160.